The summed E-state index contributed by atoms with van der Waals surface area (Å²) in [6.07, 6.45) is 9.61. The van der Waals surface area contributed by atoms with E-state index in [-0.39, 0.29) is 26.8 Å². The summed E-state index contributed by atoms with van der Waals surface area (Å²) in [5, 5.41) is 5.37. The Bertz CT molecular complexity index is 1890. The zero-order chi connectivity index (χ0) is 32.9. The van der Waals surface area contributed by atoms with Crippen LogP contribution in [0.15, 0.2) is 76.5 Å². The van der Waals surface area contributed by atoms with E-state index in [0.29, 0.717) is 31.2 Å². The minimum atomic E-state index is -4.04. The van der Waals surface area contributed by atoms with E-state index in [1.165, 1.54) is 41.0 Å². The zero-order valence-electron chi connectivity index (χ0n) is 26.9. The van der Waals surface area contributed by atoms with Crippen LogP contribution in [0.2, 0.25) is 5.02 Å². The first kappa shape index (κ1) is 32.6. The topological polar surface area (TPSA) is 102 Å². The fourth-order valence-electron chi connectivity index (χ4n) is 8.59. The maximum Gasteiger partial charge on any atom is 0.253 e. The molecule has 2 N–H and O–H groups in total. The smallest absolute Gasteiger partial charge is 0.253 e. The van der Waals surface area contributed by atoms with Crippen LogP contribution < -0.4 is 5.14 Å². The van der Waals surface area contributed by atoms with Gasteiger partial charge in [-0.25, -0.2) is 18.5 Å². The van der Waals surface area contributed by atoms with Gasteiger partial charge in [-0.3, -0.25) is 9.69 Å². The van der Waals surface area contributed by atoms with Gasteiger partial charge in [0, 0.05) is 41.7 Å². The fraction of sp³-hybridized carbons (Fsp3) is 0.444. The average molecular weight is 692 g/mol. The van der Waals surface area contributed by atoms with Crippen LogP contribution >= 0.6 is 23.4 Å². The van der Waals surface area contributed by atoms with E-state index in [9.17, 15) is 13.2 Å². The molecule has 0 radical (unpaired) electrons. The van der Waals surface area contributed by atoms with Crippen LogP contribution in [0.4, 0.5) is 0 Å². The standard InChI is InChI=1S/C36H42ClN5O3S2/c1-24-39-32-5-3-4-6-33(32)42(24)29-22-27-10-11-28(23-29)41(27)20-17-36(26-8-12-30(46-2)13-9-26)15-18-40(19-16-36)35(43)25-7-14-31(37)34(21-25)47(38,44)45/h3-9,12-14,21,27-29H,10-11,15-20,22-23H2,1-2H3,(H2,38,44,45). The number of aryl methyl sites for hydroxylation is 1. The van der Waals surface area contributed by atoms with Gasteiger partial charge in [0.05, 0.1) is 16.1 Å². The highest BCUT2D eigenvalue weighted by atomic mass is 35.5. The molecular formula is C36H42ClN5O3S2. The second kappa shape index (κ2) is 12.9. The largest absolute Gasteiger partial charge is 0.339 e. The minimum absolute atomic E-state index is 0.0157. The number of para-hydroxylation sites is 2. The normalized spacial score (nSPS) is 23.0. The molecule has 0 aliphatic carbocycles. The molecule has 2 atom stereocenters. The van der Waals surface area contributed by atoms with Crippen molar-refractivity contribution in [3.8, 4) is 0 Å². The number of nitrogens with two attached hydrogens (primary N) is 1. The third kappa shape index (κ3) is 6.23. The van der Waals surface area contributed by atoms with Crippen molar-refractivity contribution in [3.63, 3.8) is 0 Å². The predicted molar refractivity (Wildman–Crippen MR) is 189 cm³/mol. The van der Waals surface area contributed by atoms with Crippen LogP contribution in [0, 0.1) is 6.92 Å². The van der Waals surface area contributed by atoms with Crippen LogP contribution in [-0.4, -0.2) is 71.6 Å². The summed E-state index contributed by atoms with van der Waals surface area (Å²) in [5.74, 6) is 0.915. The van der Waals surface area contributed by atoms with Gasteiger partial charge in [-0.1, -0.05) is 35.9 Å². The number of likely N-dealkylation sites (tertiary alicyclic amines) is 1. The average Bonchev–Trinajstić information content (AvgIpc) is 3.53. The summed E-state index contributed by atoms with van der Waals surface area (Å²) < 4.78 is 26.6. The van der Waals surface area contributed by atoms with Crippen LogP contribution in [-0.2, 0) is 15.4 Å². The quantitative estimate of drug-likeness (QED) is 0.204. The zero-order valence-corrected chi connectivity index (χ0v) is 29.3. The van der Waals surface area contributed by atoms with E-state index >= 15 is 0 Å². The number of benzene rings is 3. The lowest BCUT2D eigenvalue weighted by Crippen LogP contribution is -2.49. The molecule has 4 aromatic rings. The molecule has 8 nitrogen and oxygen atoms in total. The molecule has 2 unspecified atom stereocenters. The molecule has 248 valence electrons. The number of carbonyl (C=O) groups is 1. The van der Waals surface area contributed by atoms with Gasteiger partial charge in [-0.05, 0) is 118 Å². The molecule has 11 heteroatoms. The number of hydrogen-bond donors (Lipinski definition) is 1. The maximum atomic E-state index is 13.6. The Morgan fingerprint density at radius 3 is 2.34 bits per heavy atom. The molecule has 47 heavy (non-hydrogen) atoms. The lowest BCUT2D eigenvalue weighted by atomic mass is 9.70. The van der Waals surface area contributed by atoms with E-state index in [1.807, 2.05) is 4.90 Å². The molecule has 1 aromatic heterocycles. The lowest BCUT2D eigenvalue weighted by Gasteiger charge is -2.45. The number of sulfonamides is 1. The SMILES string of the molecule is CSc1ccc(C2(CCN3C4CCC3CC(n3c(C)nc5ccccc53)C4)CCN(C(=O)c3ccc(Cl)c(S(N)(=O)=O)c3)CC2)cc1. The van der Waals surface area contributed by atoms with Crippen molar-refractivity contribution < 1.29 is 13.2 Å². The first-order valence-electron chi connectivity index (χ1n) is 16.5. The Hall–Kier alpha value is -2.89. The number of rotatable bonds is 8. The first-order chi connectivity index (χ1) is 22.6. The molecule has 0 saturated carbocycles. The third-order valence-electron chi connectivity index (χ3n) is 11.0. The van der Waals surface area contributed by atoms with Crippen molar-refractivity contribution in [1.82, 2.24) is 19.4 Å². The van der Waals surface area contributed by atoms with Crippen LogP contribution in [0.3, 0.4) is 0 Å². The monoisotopic (exact) mass is 691 g/mol. The predicted octanol–water partition coefficient (Wildman–Crippen LogP) is 6.80. The third-order valence-corrected chi connectivity index (χ3v) is 13.2. The lowest BCUT2D eigenvalue weighted by molar-refractivity contribution is 0.0606. The molecule has 3 aliphatic heterocycles. The number of hydrogen-bond acceptors (Lipinski definition) is 6. The van der Waals surface area contributed by atoms with Crippen LogP contribution in [0.25, 0.3) is 11.0 Å². The highest BCUT2D eigenvalue weighted by Gasteiger charge is 2.44. The Balaban J connectivity index is 1.08. The molecule has 3 aromatic carbocycles. The number of thioether (sulfide) groups is 1. The van der Waals surface area contributed by atoms with Crippen LogP contribution in [0.1, 0.15) is 72.7 Å². The minimum Gasteiger partial charge on any atom is -0.339 e. The number of carbonyl (C=O) groups excluding carboxylic acids is 1. The number of primary sulfonamides is 1. The molecule has 0 spiro atoms. The summed E-state index contributed by atoms with van der Waals surface area (Å²) in [4.78, 5) is 24.1. The first-order valence-corrected chi connectivity index (χ1v) is 19.7. The summed E-state index contributed by atoms with van der Waals surface area (Å²) in [7, 11) is -4.04. The van der Waals surface area contributed by atoms with Gasteiger partial charge in [0.2, 0.25) is 10.0 Å². The molecule has 1 amide bonds. The van der Waals surface area contributed by atoms with Gasteiger partial charge >= 0.3 is 0 Å². The number of amides is 1. The van der Waals surface area contributed by atoms with E-state index in [0.717, 1.165) is 50.0 Å². The molecular weight excluding hydrogens is 650 g/mol. The Morgan fingerprint density at radius 2 is 1.68 bits per heavy atom. The summed E-state index contributed by atoms with van der Waals surface area (Å²) in [6.45, 7) is 4.37. The van der Waals surface area contributed by atoms with Crippen molar-refractivity contribution in [2.24, 2.45) is 5.14 Å². The Kier molecular flexibility index (Phi) is 8.93. The summed E-state index contributed by atoms with van der Waals surface area (Å²) >= 11 is 7.84. The number of aromatic nitrogens is 2. The highest BCUT2D eigenvalue weighted by molar-refractivity contribution is 7.98. The number of piperidine rings is 2. The van der Waals surface area contributed by atoms with E-state index in [2.05, 4.69) is 71.2 Å². The molecule has 3 saturated heterocycles. The number of imidazole rings is 1. The maximum absolute atomic E-state index is 13.6. The number of halogens is 1. The van der Waals surface area contributed by atoms with Crippen molar-refractivity contribution in [1.29, 1.82) is 0 Å². The second-order valence-electron chi connectivity index (χ2n) is 13.5. The second-order valence-corrected chi connectivity index (χ2v) is 16.3. The van der Waals surface area contributed by atoms with Crippen molar-refractivity contribution in [3.05, 3.63) is 88.7 Å². The summed E-state index contributed by atoms with van der Waals surface area (Å²) in [5.41, 5.74) is 3.91. The van der Waals surface area contributed by atoms with Gasteiger partial charge < -0.3 is 9.47 Å². The molecule has 7 rings (SSSR count). The van der Waals surface area contributed by atoms with Gasteiger partial charge in [0.25, 0.3) is 5.91 Å². The van der Waals surface area contributed by atoms with Crippen molar-refractivity contribution >= 4 is 50.3 Å². The Morgan fingerprint density at radius 1 is 1.00 bits per heavy atom. The van der Waals surface area contributed by atoms with Gasteiger partial charge in [-0.15, -0.1) is 11.8 Å². The molecule has 2 bridgehead atoms. The van der Waals surface area contributed by atoms with Gasteiger partial charge in [-0.2, -0.15) is 0 Å². The van der Waals surface area contributed by atoms with Gasteiger partial charge in [0.15, 0.2) is 0 Å². The number of fused-ring (bicyclic) bond motifs is 3. The van der Waals surface area contributed by atoms with E-state index in [4.69, 9.17) is 21.7 Å². The van der Waals surface area contributed by atoms with E-state index in [1.54, 1.807) is 17.8 Å². The molecule has 3 aliphatic rings. The molecule has 4 heterocycles. The van der Waals surface area contributed by atoms with Crippen molar-refractivity contribution in [2.75, 3.05) is 25.9 Å². The Labute approximate surface area is 286 Å². The van der Waals surface area contributed by atoms with Gasteiger partial charge in [0.1, 0.15) is 10.7 Å². The highest BCUT2D eigenvalue weighted by Crippen LogP contribution is 2.45. The fourth-order valence-corrected chi connectivity index (χ4v) is 10.1. The number of nitrogens with zero attached hydrogens (tertiary/aromatic N) is 4. The molecule has 3 fully saturated rings. The van der Waals surface area contributed by atoms with Crippen LogP contribution in [0.5, 0.6) is 0 Å². The summed E-state index contributed by atoms with van der Waals surface area (Å²) in [6, 6.07) is 23.4. The van der Waals surface area contributed by atoms with Crippen molar-refractivity contribution in [2.45, 2.75) is 85.2 Å². The van der Waals surface area contributed by atoms with E-state index < -0.39 is 10.0 Å².